The van der Waals surface area contributed by atoms with Crippen LogP contribution in [0.2, 0.25) is 19.6 Å². The summed E-state index contributed by atoms with van der Waals surface area (Å²) in [5, 5.41) is 0. The quantitative estimate of drug-likeness (QED) is 0.211. The van der Waals surface area contributed by atoms with Crippen LogP contribution in [0.15, 0.2) is 41.8 Å². The molecule has 4 nitrogen and oxygen atoms in total. The summed E-state index contributed by atoms with van der Waals surface area (Å²) in [6, 6.07) is 10.3. The molecule has 1 aliphatic rings. The van der Waals surface area contributed by atoms with Gasteiger partial charge in [0.05, 0.1) is 6.04 Å². The summed E-state index contributed by atoms with van der Waals surface area (Å²) in [4.78, 5) is 14.7. The van der Waals surface area contributed by atoms with Crippen LogP contribution in [0.3, 0.4) is 0 Å². The third-order valence-electron chi connectivity index (χ3n) is 5.11. The Kier molecular flexibility index (Phi) is 9.28. The zero-order valence-electron chi connectivity index (χ0n) is 19.0. The van der Waals surface area contributed by atoms with Crippen molar-refractivity contribution < 1.29 is 14.0 Å². The molecule has 0 N–H and O–H groups in total. The Balaban J connectivity index is 2.38. The highest BCUT2D eigenvalue weighted by Crippen LogP contribution is 2.31. The second-order valence-electron chi connectivity index (χ2n) is 8.97. The smallest absolute Gasteiger partial charge is 0.417 e. The average Bonchev–Trinajstić information content (AvgIpc) is 3.03. The van der Waals surface area contributed by atoms with E-state index in [-0.39, 0.29) is 12.1 Å². The maximum absolute atomic E-state index is 12.8. The molecule has 1 saturated heterocycles. The van der Waals surface area contributed by atoms with Gasteiger partial charge in [-0.15, -0.1) is 0 Å². The third kappa shape index (κ3) is 7.54. The summed E-state index contributed by atoms with van der Waals surface area (Å²) in [5.74, 6) is 0.803. The number of ether oxygens (including phenoxy) is 1. The van der Waals surface area contributed by atoms with Gasteiger partial charge in [0.1, 0.15) is 6.61 Å². The van der Waals surface area contributed by atoms with Crippen molar-refractivity contribution >= 4 is 14.4 Å². The van der Waals surface area contributed by atoms with Gasteiger partial charge in [0.15, 0.2) is 5.88 Å². The minimum Gasteiger partial charge on any atom is -0.532 e. The van der Waals surface area contributed by atoms with E-state index in [9.17, 15) is 4.79 Å². The van der Waals surface area contributed by atoms with Crippen LogP contribution in [0, 0.1) is 0 Å². The lowest BCUT2D eigenvalue weighted by atomic mass is 10.0. The molecule has 1 amide bonds. The predicted octanol–water partition coefficient (Wildman–Crippen LogP) is 6.88. The molecule has 1 heterocycles. The first-order chi connectivity index (χ1) is 13.9. The second-order valence-corrected chi connectivity index (χ2v) is 13.4. The molecule has 1 aromatic rings. The Morgan fingerprint density at radius 2 is 1.72 bits per heavy atom. The van der Waals surface area contributed by atoms with Crippen molar-refractivity contribution in [2.75, 3.05) is 6.61 Å². The van der Waals surface area contributed by atoms with Crippen LogP contribution in [0.5, 0.6) is 0 Å². The summed E-state index contributed by atoms with van der Waals surface area (Å²) < 4.78 is 12.1. The fourth-order valence-electron chi connectivity index (χ4n) is 3.64. The molecule has 1 fully saturated rings. The van der Waals surface area contributed by atoms with Gasteiger partial charge in [-0.25, -0.2) is 9.69 Å². The van der Waals surface area contributed by atoms with Crippen molar-refractivity contribution in [3.63, 3.8) is 0 Å². The maximum Gasteiger partial charge on any atom is 0.417 e. The molecule has 0 aromatic heterocycles. The Morgan fingerprint density at radius 3 is 2.34 bits per heavy atom. The SMILES string of the molecule is CCCCC/C(CCCC)=C(\O[Si](C)(C)C)N1C(=O)OC[C@@H]1Cc1ccccc1. The van der Waals surface area contributed by atoms with Gasteiger partial charge in [0.25, 0.3) is 0 Å². The molecule has 162 valence electrons. The van der Waals surface area contributed by atoms with Crippen molar-refractivity contribution in [2.24, 2.45) is 0 Å². The van der Waals surface area contributed by atoms with E-state index < -0.39 is 8.32 Å². The lowest BCUT2D eigenvalue weighted by Crippen LogP contribution is -2.40. The molecule has 0 bridgehead atoms. The summed E-state index contributed by atoms with van der Waals surface area (Å²) in [7, 11) is -1.90. The predicted molar refractivity (Wildman–Crippen MR) is 122 cm³/mol. The van der Waals surface area contributed by atoms with E-state index in [4.69, 9.17) is 9.16 Å². The van der Waals surface area contributed by atoms with E-state index in [0.29, 0.717) is 6.61 Å². The maximum atomic E-state index is 12.8. The van der Waals surface area contributed by atoms with Crippen molar-refractivity contribution in [2.45, 2.75) is 90.9 Å². The number of allylic oxidation sites excluding steroid dienone is 1. The van der Waals surface area contributed by atoms with Gasteiger partial charge in [-0.2, -0.15) is 0 Å². The largest absolute Gasteiger partial charge is 0.532 e. The number of cyclic esters (lactones) is 1. The van der Waals surface area contributed by atoms with Crippen LogP contribution in [-0.2, 0) is 15.6 Å². The first-order valence-electron chi connectivity index (χ1n) is 11.3. The van der Waals surface area contributed by atoms with E-state index in [2.05, 4.69) is 45.6 Å². The van der Waals surface area contributed by atoms with E-state index in [1.165, 1.54) is 24.0 Å². The van der Waals surface area contributed by atoms with Gasteiger partial charge < -0.3 is 9.16 Å². The molecule has 0 aliphatic carbocycles. The fraction of sp³-hybridized carbons (Fsp3) is 0.625. The summed E-state index contributed by atoms with van der Waals surface area (Å²) in [5.41, 5.74) is 2.51. The van der Waals surface area contributed by atoms with Crippen LogP contribution in [-0.4, -0.2) is 32.0 Å². The molecule has 0 spiro atoms. The number of amides is 1. The lowest BCUT2D eigenvalue weighted by Gasteiger charge is -2.32. The van der Waals surface area contributed by atoms with E-state index in [1.807, 2.05) is 23.1 Å². The summed E-state index contributed by atoms with van der Waals surface area (Å²) in [6.45, 7) is 11.4. The summed E-state index contributed by atoms with van der Waals surface area (Å²) >= 11 is 0. The molecule has 1 aliphatic heterocycles. The zero-order valence-corrected chi connectivity index (χ0v) is 20.0. The third-order valence-corrected chi connectivity index (χ3v) is 5.92. The van der Waals surface area contributed by atoms with E-state index >= 15 is 0 Å². The van der Waals surface area contributed by atoms with Gasteiger partial charge in [0, 0.05) is 0 Å². The fourth-order valence-corrected chi connectivity index (χ4v) is 4.47. The van der Waals surface area contributed by atoms with E-state index in [0.717, 1.165) is 44.4 Å². The molecule has 1 aromatic carbocycles. The molecule has 29 heavy (non-hydrogen) atoms. The lowest BCUT2D eigenvalue weighted by molar-refractivity contribution is 0.150. The van der Waals surface area contributed by atoms with Crippen LogP contribution in [0.4, 0.5) is 4.79 Å². The van der Waals surface area contributed by atoms with Crippen LogP contribution < -0.4 is 0 Å². The van der Waals surface area contributed by atoms with Gasteiger partial charge in [-0.05, 0) is 62.9 Å². The van der Waals surface area contributed by atoms with E-state index in [1.54, 1.807) is 0 Å². The molecule has 0 radical (unpaired) electrons. The number of unbranched alkanes of at least 4 members (excludes halogenated alkanes) is 3. The first kappa shape index (κ1) is 23.5. The number of hydrogen-bond acceptors (Lipinski definition) is 3. The highest BCUT2D eigenvalue weighted by Gasteiger charge is 2.39. The zero-order chi connectivity index (χ0) is 21.3. The highest BCUT2D eigenvalue weighted by molar-refractivity contribution is 6.70. The summed E-state index contributed by atoms with van der Waals surface area (Å²) in [6.07, 6.45) is 8.28. The molecule has 2 rings (SSSR count). The minimum absolute atomic E-state index is 0.0148. The van der Waals surface area contributed by atoms with Crippen molar-refractivity contribution in [3.05, 3.63) is 47.4 Å². The van der Waals surface area contributed by atoms with Gasteiger partial charge >= 0.3 is 6.09 Å². The van der Waals surface area contributed by atoms with Gasteiger partial charge in [-0.3, -0.25) is 0 Å². The topological polar surface area (TPSA) is 38.8 Å². The van der Waals surface area contributed by atoms with Crippen molar-refractivity contribution in [3.8, 4) is 0 Å². The minimum atomic E-state index is -1.90. The number of benzene rings is 1. The number of nitrogens with zero attached hydrogens (tertiary/aromatic N) is 1. The van der Waals surface area contributed by atoms with Gasteiger partial charge in [0.2, 0.25) is 8.32 Å². The number of hydrogen-bond donors (Lipinski definition) is 0. The first-order valence-corrected chi connectivity index (χ1v) is 14.7. The number of rotatable bonds is 12. The molecule has 0 unspecified atom stereocenters. The Hall–Kier alpha value is -1.75. The number of carbonyl (C=O) groups is 1. The molecule has 0 saturated carbocycles. The van der Waals surface area contributed by atoms with Crippen molar-refractivity contribution in [1.82, 2.24) is 4.90 Å². The monoisotopic (exact) mass is 417 g/mol. The van der Waals surface area contributed by atoms with Gasteiger partial charge in [-0.1, -0.05) is 63.4 Å². The Morgan fingerprint density at radius 1 is 1.07 bits per heavy atom. The second kappa shape index (κ2) is 11.4. The van der Waals surface area contributed by atoms with Crippen LogP contribution in [0.1, 0.15) is 64.4 Å². The average molecular weight is 418 g/mol. The highest BCUT2D eigenvalue weighted by atomic mass is 28.4. The number of carbonyl (C=O) groups excluding carboxylic acids is 1. The Bertz CT molecular complexity index is 666. The van der Waals surface area contributed by atoms with Crippen LogP contribution >= 0.6 is 0 Å². The van der Waals surface area contributed by atoms with Crippen molar-refractivity contribution in [1.29, 1.82) is 0 Å². The molecule has 5 heteroatoms. The van der Waals surface area contributed by atoms with Crippen LogP contribution in [0.25, 0.3) is 0 Å². The molecular formula is C24H39NO3Si. The normalized spacial score (nSPS) is 17.9. The molecule has 1 atom stereocenters. The molecular weight excluding hydrogens is 378 g/mol. The standard InChI is InChI=1S/C24H39NO3Si/c1-6-8-11-17-21(16-9-7-2)23(28-29(3,4)5)25-22(19-27-24(25)26)18-20-14-12-10-13-15-20/h10,12-15,22H,6-9,11,16-19H2,1-5H3/b23-21-/t22-/m0/s1. The Labute approximate surface area is 178 Å².